The number of ether oxygens (including phenoxy) is 2. The summed E-state index contributed by atoms with van der Waals surface area (Å²) >= 11 is 0. The highest BCUT2D eigenvalue weighted by atomic mass is 16.5. The third-order valence-electron chi connectivity index (χ3n) is 3.03. The van der Waals surface area contributed by atoms with Gasteiger partial charge in [0.25, 0.3) is 0 Å². The first-order chi connectivity index (χ1) is 8.76. The molecule has 0 heterocycles. The molecule has 1 aliphatic rings. The number of rotatable bonds is 8. The van der Waals surface area contributed by atoms with Crippen LogP contribution in [0.4, 0.5) is 0 Å². The van der Waals surface area contributed by atoms with Crippen LogP contribution in [0.2, 0.25) is 0 Å². The minimum Gasteiger partial charge on any atom is -0.498 e. The van der Waals surface area contributed by atoms with Gasteiger partial charge < -0.3 is 9.47 Å². The molecule has 100 valence electrons. The first-order valence-electron chi connectivity index (χ1n) is 6.69. The molecule has 1 aliphatic carbocycles. The molecule has 18 heavy (non-hydrogen) atoms. The molecule has 0 saturated carbocycles. The molecule has 1 unspecified atom stereocenters. The molecule has 2 nitrogen and oxygen atoms in total. The fourth-order valence-electron chi connectivity index (χ4n) is 1.66. The summed E-state index contributed by atoms with van der Waals surface area (Å²) in [6.07, 6.45) is 12.3. The molecule has 2 heteroatoms. The maximum atomic E-state index is 5.86. The van der Waals surface area contributed by atoms with Crippen LogP contribution in [0, 0.1) is 5.92 Å². The molecule has 0 aliphatic heterocycles. The Bertz CT molecular complexity index is 326. The quantitative estimate of drug-likeness (QED) is 0.469. The second-order valence-electron chi connectivity index (χ2n) is 4.52. The lowest BCUT2D eigenvalue weighted by Gasteiger charge is -2.18. The highest BCUT2D eigenvalue weighted by Gasteiger charge is 2.10. The van der Waals surface area contributed by atoms with E-state index in [1.807, 2.05) is 0 Å². The van der Waals surface area contributed by atoms with Crippen molar-refractivity contribution in [1.82, 2.24) is 0 Å². The lowest BCUT2D eigenvalue weighted by Crippen LogP contribution is -2.15. The molecule has 0 spiro atoms. The Morgan fingerprint density at radius 1 is 1.50 bits per heavy atom. The van der Waals surface area contributed by atoms with Gasteiger partial charge in [0.1, 0.15) is 5.76 Å². The van der Waals surface area contributed by atoms with Crippen molar-refractivity contribution in [3.63, 3.8) is 0 Å². The minimum atomic E-state index is 0.398. The molecule has 0 bridgehead atoms. The summed E-state index contributed by atoms with van der Waals surface area (Å²) in [5.41, 5.74) is 0. The Morgan fingerprint density at radius 3 is 3.06 bits per heavy atom. The van der Waals surface area contributed by atoms with E-state index in [0.29, 0.717) is 24.9 Å². The van der Waals surface area contributed by atoms with E-state index in [1.165, 1.54) is 6.42 Å². The van der Waals surface area contributed by atoms with Crippen LogP contribution in [0.15, 0.2) is 49.0 Å². The molecular weight excluding hydrogens is 224 g/mol. The van der Waals surface area contributed by atoms with E-state index in [2.05, 4.69) is 38.3 Å². The second-order valence-corrected chi connectivity index (χ2v) is 4.52. The smallest absolute Gasteiger partial charge is 0.111 e. The summed E-state index contributed by atoms with van der Waals surface area (Å²) in [7, 11) is 0. The zero-order valence-corrected chi connectivity index (χ0v) is 11.4. The molecule has 1 rings (SSSR count). The highest BCUT2D eigenvalue weighted by molar-refractivity contribution is 5.10. The van der Waals surface area contributed by atoms with Crippen molar-refractivity contribution in [3.05, 3.63) is 49.0 Å². The van der Waals surface area contributed by atoms with Crippen LogP contribution in [0.5, 0.6) is 0 Å². The summed E-state index contributed by atoms with van der Waals surface area (Å²) in [6, 6.07) is 0. The van der Waals surface area contributed by atoms with E-state index in [9.17, 15) is 0 Å². The average molecular weight is 248 g/mol. The molecule has 0 aromatic rings. The van der Waals surface area contributed by atoms with Gasteiger partial charge in [0.05, 0.1) is 19.0 Å². The van der Waals surface area contributed by atoms with E-state index >= 15 is 0 Å². The Labute approximate surface area is 111 Å². The topological polar surface area (TPSA) is 18.5 Å². The molecule has 0 aromatic heterocycles. The molecule has 0 fully saturated rings. The first kappa shape index (κ1) is 14.6. The standard InChI is InChI=1S/C16H24O2/c1-4-14(3)17-12-15(5-2)13-18-16-10-8-6-7-9-11-16/h4,6,8,10,15H,1,3,5,7,9,11-13H2,2H3. The Balaban J connectivity index is 2.30. The summed E-state index contributed by atoms with van der Waals surface area (Å²) in [5, 5.41) is 0. The number of hydrogen-bond donors (Lipinski definition) is 0. The van der Waals surface area contributed by atoms with Crippen LogP contribution in [0.3, 0.4) is 0 Å². The van der Waals surface area contributed by atoms with Crippen molar-refractivity contribution in [3.8, 4) is 0 Å². The van der Waals surface area contributed by atoms with Crippen molar-refractivity contribution >= 4 is 0 Å². The Hall–Kier alpha value is -1.44. The van der Waals surface area contributed by atoms with Gasteiger partial charge >= 0.3 is 0 Å². The molecule has 0 amide bonds. The molecular formula is C16H24O2. The predicted molar refractivity (Wildman–Crippen MR) is 76.1 cm³/mol. The molecule has 0 aromatic carbocycles. The van der Waals surface area contributed by atoms with Crippen LogP contribution in [0.1, 0.15) is 32.6 Å². The Kier molecular flexibility index (Phi) is 7.00. The van der Waals surface area contributed by atoms with Crippen LogP contribution in [-0.2, 0) is 9.47 Å². The molecule has 0 N–H and O–H groups in total. The van der Waals surface area contributed by atoms with Gasteiger partial charge in [0.15, 0.2) is 0 Å². The largest absolute Gasteiger partial charge is 0.498 e. The fraction of sp³-hybridized carbons (Fsp3) is 0.500. The predicted octanol–water partition coefficient (Wildman–Crippen LogP) is 4.37. The van der Waals surface area contributed by atoms with Gasteiger partial charge in [-0.1, -0.05) is 32.2 Å². The average Bonchev–Trinajstić information content (AvgIpc) is 2.67. The zero-order valence-electron chi connectivity index (χ0n) is 11.4. The van der Waals surface area contributed by atoms with E-state index < -0.39 is 0 Å². The maximum Gasteiger partial charge on any atom is 0.111 e. The normalized spacial score (nSPS) is 16.4. The van der Waals surface area contributed by atoms with E-state index in [0.717, 1.165) is 25.0 Å². The third kappa shape index (κ3) is 5.76. The maximum absolute atomic E-state index is 5.86. The minimum absolute atomic E-state index is 0.398. The fourth-order valence-corrected chi connectivity index (χ4v) is 1.66. The monoisotopic (exact) mass is 248 g/mol. The van der Waals surface area contributed by atoms with Crippen LogP contribution >= 0.6 is 0 Å². The number of hydrogen-bond acceptors (Lipinski definition) is 2. The summed E-state index contributed by atoms with van der Waals surface area (Å²) in [4.78, 5) is 0. The van der Waals surface area contributed by atoms with Crippen LogP contribution in [-0.4, -0.2) is 13.2 Å². The van der Waals surface area contributed by atoms with Gasteiger partial charge in [0, 0.05) is 12.3 Å². The highest BCUT2D eigenvalue weighted by Crippen LogP contribution is 2.16. The van der Waals surface area contributed by atoms with E-state index in [-0.39, 0.29) is 0 Å². The van der Waals surface area contributed by atoms with Gasteiger partial charge in [-0.25, -0.2) is 0 Å². The summed E-state index contributed by atoms with van der Waals surface area (Å²) < 4.78 is 11.3. The van der Waals surface area contributed by atoms with E-state index in [1.54, 1.807) is 6.08 Å². The van der Waals surface area contributed by atoms with Crippen molar-refractivity contribution in [2.24, 2.45) is 5.92 Å². The van der Waals surface area contributed by atoms with Gasteiger partial charge in [-0.3, -0.25) is 0 Å². The van der Waals surface area contributed by atoms with Crippen molar-refractivity contribution < 1.29 is 9.47 Å². The molecule has 0 radical (unpaired) electrons. The lowest BCUT2D eigenvalue weighted by molar-refractivity contribution is 0.0961. The van der Waals surface area contributed by atoms with Crippen LogP contribution < -0.4 is 0 Å². The molecule has 0 saturated heterocycles. The van der Waals surface area contributed by atoms with Gasteiger partial charge in [0.2, 0.25) is 0 Å². The Morgan fingerprint density at radius 2 is 2.33 bits per heavy atom. The van der Waals surface area contributed by atoms with Gasteiger partial charge in [-0.05, 0) is 31.4 Å². The third-order valence-corrected chi connectivity index (χ3v) is 3.03. The van der Waals surface area contributed by atoms with Gasteiger partial charge in [-0.15, -0.1) is 0 Å². The van der Waals surface area contributed by atoms with Crippen molar-refractivity contribution in [2.75, 3.05) is 13.2 Å². The van der Waals surface area contributed by atoms with E-state index in [4.69, 9.17) is 9.47 Å². The summed E-state index contributed by atoms with van der Waals surface area (Å²) in [6.45, 7) is 10.9. The van der Waals surface area contributed by atoms with Crippen molar-refractivity contribution in [2.45, 2.75) is 32.6 Å². The lowest BCUT2D eigenvalue weighted by atomic mass is 10.1. The first-order valence-corrected chi connectivity index (χ1v) is 6.69. The SMILES string of the molecule is C=CC(=C)OCC(CC)COC1=CC=CCCC1. The van der Waals surface area contributed by atoms with Crippen LogP contribution in [0.25, 0.3) is 0 Å². The molecule has 1 atom stereocenters. The number of allylic oxidation sites excluding steroid dienone is 5. The van der Waals surface area contributed by atoms with Gasteiger partial charge in [-0.2, -0.15) is 0 Å². The zero-order chi connectivity index (χ0) is 13.2. The summed E-state index contributed by atoms with van der Waals surface area (Å²) in [5.74, 6) is 2.12. The van der Waals surface area contributed by atoms with Crippen molar-refractivity contribution in [1.29, 1.82) is 0 Å². The second kappa shape index (κ2) is 8.62.